The van der Waals surface area contributed by atoms with Crippen molar-refractivity contribution < 1.29 is 13.2 Å². The lowest BCUT2D eigenvalue weighted by Crippen LogP contribution is -2.40. The molecule has 1 rings (SSSR count). The quantitative estimate of drug-likeness (QED) is 0.789. The zero-order valence-corrected chi connectivity index (χ0v) is 9.11. The summed E-state index contributed by atoms with van der Waals surface area (Å²) >= 11 is 0. The Hall–Kier alpha value is -0.290. The third-order valence-electron chi connectivity index (χ3n) is 2.89. The minimum absolute atomic E-state index is 0.107. The van der Waals surface area contributed by atoms with E-state index in [4.69, 9.17) is 0 Å². The molecule has 0 bridgehead atoms. The van der Waals surface area contributed by atoms with E-state index in [9.17, 15) is 13.2 Å². The van der Waals surface area contributed by atoms with Gasteiger partial charge in [-0.3, -0.25) is 0 Å². The van der Waals surface area contributed by atoms with E-state index in [0.29, 0.717) is 0 Å². The fourth-order valence-corrected chi connectivity index (χ4v) is 1.86. The van der Waals surface area contributed by atoms with Crippen LogP contribution in [0.4, 0.5) is 13.2 Å². The summed E-state index contributed by atoms with van der Waals surface area (Å²) in [4.78, 5) is 1.83. The van der Waals surface area contributed by atoms with Crippen LogP contribution in [-0.2, 0) is 0 Å². The maximum atomic E-state index is 12.0. The van der Waals surface area contributed by atoms with Gasteiger partial charge in [0.1, 0.15) is 0 Å². The van der Waals surface area contributed by atoms with Crippen LogP contribution in [-0.4, -0.2) is 43.8 Å². The van der Waals surface area contributed by atoms with E-state index in [2.05, 4.69) is 5.32 Å². The second kappa shape index (κ2) is 5.70. The molecule has 1 atom stereocenters. The van der Waals surface area contributed by atoms with Gasteiger partial charge in [-0.1, -0.05) is 6.42 Å². The summed E-state index contributed by atoms with van der Waals surface area (Å²) in [5, 5.41) is 3.25. The first-order valence-electron chi connectivity index (χ1n) is 5.47. The van der Waals surface area contributed by atoms with Gasteiger partial charge in [-0.05, 0) is 26.4 Å². The number of hydrogen-bond donors (Lipinski definition) is 1. The third-order valence-corrected chi connectivity index (χ3v) is 2.89. The molecule has 15 heavy (non-hydrogen) atoms. The van der Waals surface area contributed by atoms with E-state index in [0.717, 1.165) is 32.4 Å². The monoisotopic (exact) mass is 224 g/mol. The predicted octanol–water partition coefficient (Wildman–Crippen LogP) is 2.01. The smallest absolute Gasteiger partial charge is 0.315 e. The van der Waals surface area contributed by atoms with E-state index in [1.807, 2.05) is 4.90 Å². The molecule has 0 aromatic rings. The highest BCUT2D eigenvalue weighted by Crippen LogP contribution is 2.20. The van der Waals surface area contributed by atoms with Gasteiger partial charge in [0.25, 0.3) is 0 Å². The Morgan fingerprint density at radius 1 is 1.33 bits per heavy atom. The first-order chi connectivity index (χ1) is 6.99. The van der Waals surface area contributed by atoms with Crippen molar-refractivity contribution in [1.82, 2.24) is 10.2 Å². The number of rotatable bonds is 3. The Balaban J connectivity index is 2.28. The molecule has 0 aliphatic carbocycles. The Morgan fingerprint density at radius 2 is 2.07 bits per heavy atom. The lowest BCUT2D eigenvalue weighted by molar-refractivity contribution is -0.138. The molecule has 1 N–H and O–H groups in total. The van der Waals surface area contributed by atoms with E-state index in [-0.39, 0.29) is 12.6 Å². The van der Waals surface area contributed by atoms with Gasteiger partial charge in [0.2, 0.25) is 0 Å². The summed E-state index contributed by atoms with van der Waals surface area (Å²) in [6, 6.07) is 0.259. The van der Waals surface area contributed by atoms with Gasteiger partial charge in [-0.2, -0.15) is 13.2 Å². The van der Waals surface area contributed by atoms with Gasteiger partial charge in [0, 0.05) is 19.1 Å². The first kappa shape index (κ1) is 12.8. The fraction of sp³-hybridized carbons (Fsp3) is 1.00. The number of hydrogen-bond acceptors (Lipinski definition) is 2. The molecule has 0 saturated carbocycles. The molecule has 1 aliphatic rings. The van der Waals surface area contributed by atoms with Crippen LogP contribution in [0.3, 0.4) is 0 Å². The molecular weight excluding hydrogens is 205 g/mol. The number of likely N-dealkylation sites (N-methyl/N-ethyl adjacent to an activating group) is 1. The van der Waals surface area contributed by atoms with Crippen molar-refractivity contribution in [3.05, 3.63) is 0 Å². The van der Waals surface area contributed by atoms with E-state index in [1.165, 1.54) is 0 Å². The van der Waals surface area contributed by atoms with E-state index >= 15 is 0 Å². The van der Waals surface area contributed by atoms with Crippen LogP contribution < -0.4 is 5.32 Å². The second-order valence-electron chi connectivity index (χ2n) is 4.20. The minimum Gasteiger partial charge on any atom is -0.315 e. The van der Waals surface area contributed by atoms with Crippen molar-refractivity contribution in [2.45, 2.75) is 37.9 Å². The number of nitrogens with one attached hydrogen (secondary N) is 1. The van der Waals surface area contributed by atoms with Crippen molar-refractivity contribution in [2.75, 3.05) is 26.7 Å². The zero-order valence-electron chi connectivity index (χ0n) is 9.11. The topological polar surface area (TPSA) is 15.3 Å². The van der Waals surface area contributed by atoms with Crippen LogP contribution >= 0.6 is 0 Å². The van der Waals surface area contributed by atoms with E-state index < -0.39 is 12.6 Å². The normalized spacial score (nSPS) is 24.2. The lowest BCUT2D eigenvalue weighted by Gasteiger charge is -2.27. The zero-order chi connectivity index (χ0) is 11.3. The molecule has 5 heteroatoms. The number of nitrogens with zero attached hydrogens (tertiary/aromatic N) is 1. The molecule has 1 unspecified atom stereocenters. The van der Waals surface area contributed by atoms with Crippen molar-refractivity contribution >= 4 is 0 Å². The van der Waals surface area contributed by atoms with Crippen LogP contribution in [0, 0.1) is 0 Å². The van der Waals surface area contributed by atoms with Crippen LogP contribution in [0.15, 0.2) is 0 Å². The predicted molar refractivity (Wildman–Crippen MR) is 53.8 cm³/mol. The molecule has 1 fully saturated rings. The molecule has 0 spiro atoms. The summed E-state index contributed by atoms with van der Waals surface area (Å²) < 4.78 is 36.1. The SMILES string of the molecule is CN(CCC(F)(F)F)C1CCCCNC1. The maximum absolute atomic E-state index is 12.0. The van der Waals surface area contributed by atoms with Crippen molar-refractivity contribution in [1.29, 1.82) is 0 Å². The molecule has 1 heterocycles. The summed E-state index contributed by atoms with van der Waals surface area (Å²) in [7, 11) is 1.78. The molecule has 0 aromatic carbocycles. The van der Waals surface area contributed by atoms with Crippen LogP contribution in [0.1, 0.15) is 25.7 Å². The molecule has 2 nitrogen and oxygen atoms in total. The third kappa shape index (κ3) is 5.37. The molecule has 1 aliphatic heterocycles. The van der Waals surface area contributed by atoms with Gasteiger partial charge in [-0.25, -0.2) is 0 Å². The van der Waals surface area contributed by atoms with Gasteiger partial charge >= 0.3 is 6.18 Å². The van der Waals surface area contributed by atoms with Crippen LogP contribution in [0.2, 0.25) is 0 Å². The Morgan fingerprint density at radius 3 is 2.73 bits per heavy atom. The first-order valence-corrected chi connectivity index (χ1v) is 5.47. The summed E-state index contributed by atoms with van der Waals surface area (Å²) in [5.74, 6) is 0. The average Bonchev–Trinajstić information content (AvgIpc) is 2.41. The standard InChI is InChI=1S/C10H19F3N2/c1-15(7-5-10(11,12)13)9-4-2-3-6-14-8-9/h9,14H,2-8H2,1H3. The maximum Gasteiger partial charge on any atom is 0.390 e. The van der Waals surface area contributed by atoms with Crippen LogP contribution in [0.25, 0.3) is 0 Å². The molecule has 0 aromatic heterocycles. The van der Waals surface area contributed by atoms with Crippen molar-refractivity contribution in [3.63, 3.8) is 0 Å². The van der Waals surface area contributed by atoms with Crippen molar-refractivity contribution in [2.24, 2.45) is 0 Å². The Labute approximate surface area is 88.8 Å². The number of halogens is 3. The summed E-state index contributed by atoms with van der Waals surface area (Å²) in [5.41, 5.74) is 0. The van der Waals surface area contributed by atoms with Gasteiger partial charge < -0.3 is 10.2 Å². The number of alkyl halides is 3. The van der Waals surface area contributed by atoms with Crippen molar-refractivity contribution in [3.8, 4) is 0 Å². The Bertz CT molecular complexity index is 174. The molecule has 0 radical (unpaired) electrons. The van der Waals surface area contributed by atoms with Crippen LogP contribution in [0.5, 0.6) is 0 Å². The largest absolute Gasteiger partial charge is 0.390 e. The Kier molecular flexibility index (Phi) is 4.86. The highest BCUT2D eigenvalue weighted by Gasteiger charge is 2.28. The second-order valence-corrected chi connectivity index (χ2v) is 4.20. The van der Waals surface area contributed by atoms with Gasteiger partial charge in [0.15, 0.2) is 0 Å². The minimum atomic E-state index is -4.04. The molecule has 0 amide bonds. The fourth-order valence-electron chi connectivity index (χ4n) is 1.86. The van der Waals surface area contributed by atoms with Gasteiger partial charge in [-0.15, -0.1) is 0 Å². The lowest BCUT2D eigenvalue weighted by atomic mass is 10.1. The van der Waals surface area contributed by atoms with E-state index in [1.54, 1.807) is 7.05 Å². The molecule has 90 valence electrons. The summed E-state index contributed by atoms with van der Waals surface area (Å²) in [6.45, 7) is 1.91. The van der Waals surface area contributed by atoms with Gasteiger partial charge in [0.05, 0.1) is 6.42 Å². The molecular formula is C10H19F3N2. The molecule has 1 saturated heterocycles. The summed E-state index contributed by atoms with van der Waals surface area (Å²) in [6.07, 6.45) is -1.51. The highest BCUT2D eigenvalue weighted by atomic mass is 19.4. The highest BCUT2D eigenvalue weighted by molar-refractivity contribution is 4.75. The average molecular weight is 224 g/mol.